The molecule has 0 spiro atoms. The van der Waals surface area contributed by atoms with E-state index < -0.39 is 0 Å². The van der Waals surface area contributed by atoms with Crippen LogP contribution in [0.25, 0.3) is 132 Å². The molecule has 0 aromatic heterocycles. The van der Waals surface area contributed by atoms with Crippen molar-refractivity contribution < 1.29 is 0 Å². The maximum atomic E-state index is 2.47. The van der Waals surface area contributed by atoms with Crippen molar-refractivity contribution in [3.8, 4) is 100 Å². The molecule has 0 unspecified atom stereocenters. The Bertz CT molecular complexity index is 4540. The number of hydrogen-bond donors (Lipinski definition) is 0. The monoisotopic (exact) mass is 1010 g/mol. The molecule has 0 fully saturated rings. The molecular formula is C79H58. The van der Waals surface area contributed by atoms with E-state index in [9.17, 15) is 0 Å². The zero-order chi connectivity index (χ0) is 53.1. The summed E-state index contributed by atoms with van der Waals surface area (Å²) in [5.41, 5.74) is 29.4. The second-order valence-corrected chi connectivity index (χ2v) is 23.2. The molecule has 0 heteroatoms. The first kappa shape index (κ1) is 46.9. The quantitative estimate of drug-likeness (QED) is 0.140. The van der Waals surface area contributed by atoms with E-state index in [0.717, 1.165) is 0 Å². The lowest BCUT2D eigenvalue weighted by Crippen LogP contribution is -2.15. The van der Waals surface area contributed by atoms with Crippen molar-refractivity contribution in [1.82, 2.24) is 0 Å². The first-order valence-corrected chi connectivity index (χ1v) is 28.0. The Balaban J connectivity index is 0.653. The van der Waals surface area contributed by atoms with E-state index in [1.807, 2.05) is 0 Å². The molecule has 13 aromatic rings. The molecule has 0 atom stereocenters. The molecule has 0 nitrogen and oxygen atoms in total. The number of aryl methyl sites for hydroxylation is 1. The predicted molar refractivity (Wildman–Crippen MR) is 337 cm³/mol. The van der Waals surface area contributed by atoms with Gasteiger partial charge in [0.25, 0.3) is 0 Å². The van der Waals surface area contributed by atoms with Gasteiger partial charge in [0.1, 0.15) is 0 Å². The third kappa shape index (κ3) is 7.50. The molecular weight excluding hydrogens is 949 g/mol. The van der Waals surface area contributed by atoms with Gasteiger partial charge in [0.05, 0.1) is 0 Å². The summed E-state index contributed by atoms with van der Waals surface area (Å²) >= 11 is 0. The summed E-state index contributed by atoms with van der Waals surface area (Å²) < 4.78 is 0. The average Bonchev–Trinajstić information content (AvgIpc) is 4.10. The molecule has 0 heterocycles. The molecule has 374 valence electrons. The largest absolute Gasteiger partial charge is 0.0616 e. The van der Waals surface area contributed by atoms with Crippen LogP contribution in [-0.4, -0.2) is 0 Å². The van der Waals surface area contributed by atoms with Crippen molar-refractivity contribution in [3.05, 3.63) is 289 Å². The van der Waals surface area contributed by atoms with Crippen LogP contribution in [0.15, 0.2) is 261 Å². The van der Waals surface area contributed by atoms with Gasteiger partial charge in [0.15, 0.2) is 0 Å². The van der Waals surface area contributed by atoms with E-state index in [-0.39, 0.29) is 10.8 Å². The molecule has 2 aliphatic rings. The Hall–Kier alpha value is -9.36. The van der Waals surface area contributed by atoms with Crippen molar-refractivity contribution in [2.75, 3.05) is 0 Å². The Morgan fingerprint density at radius 3 is 0.886 bits per heavy atom. The maximum absolute atomic E-state index is 2.47. The van der Waals surface area contributed by atoms with E-state index in [2.05, 4.69) is 295 Å². The van der Waals surface area contributed by atoms with Crippen LogP contribution in [0.4, 0.5) is 0 Å². The van der Waals surface area contributed by atoms with Gasteiger partial charge < -0.3 is 0 Å². The summed E-state index contributed by atoms with van der Waals surface area (Å²) in [6, 6.07) is 97.8. The SMILES string of the molecule is Cc1c2ccccc2c(-c2ccc(-c3ccc(-c4ccc(-c5ccc6c(c5)C(C)(C)c5cc(-c7ccc8c(c7)C(C)(C)c7cc(-c9ccc(-c%10cccc%11ccccc%10%11)cc9)ccc7-8)ccc5-6)cc4)cc3)cc2)c2ccccc12. The van der Waals surface area contributed by atoms with Crippen LogP contribution in [-0.2, 0) is 10.8 Å². The summed E-state index contributed by atoms with van der Waals surface area (Å²) in [6.07, 6.45) is 0. The lowest BCUT2D eigenvalue weighted by molar-refractivity contribution is 0.660. The van der Waals surface area contributed by atoms with E-state index >= 15 is 0 Å². The fourth-order valence-electron chi connectivity index (χ4n) is 13.7. The Labute approximate surface area is 464 Å². The molecule has 2 aliphatic carbocycles. The second kappa shape index (κ2) is 17.8. The first-order valence-electron chi connectivity index (χ1n) is 28.0. The van der Waals surface area contributed by atoms with Gasteiger partial charge >= 0.3 is 0 Å². The molecule has 15 rings (SSSR count). The minimum atomic E-state index is -0.155. The Kier molecular flexibility index (Phi) is 10.6. The molecule has 0 radical (unpaired) electrons. The highest BCUT2D eigenvalue weighted by Gasteiger charge is 2.38. The standard InChI is InChI=1S/C79H58/c1-49-63-15-8-10-18-71(63)77(72-19-11-9-16-64(49)72)58-35-31-53(32-36-58)51-23-21-50(22-24-51)52-25-27-54(28-26-52)59-37-41-67-69-43-39-61(47-75(69)78(2,3)73(67)45-59)62-40-44-70-68-42-38-60(46-74(68)79(4,5)76(70)48-62)55-29-33-57(34-30-55)66-20-12-14-56-13-6-7-17-65(56)66/h6-48H,1-5H3. The van der Waals surface area contributed by atoms with Gasteiger partial charge in [-0.3, -0.25) is 0 Å². The zero-order valence-electron chi connectivity index (χ0n) is 45.3. The van der Waals surface area contributed by atoms with Crippen molar-refractivity contribution in [2.24, 2.45) is 0 Å². The van der Waals surface area contributed by atoms with Gasteiger partial charge in [-0.25, -0.2) is 0 Å². The minimum absolute atomic E-state index is 0.144. The van der Waals surface area contributed by atoms with Crippen molar-refractivity contribution >= 4 is 32.3 Å². The lowest BCUT2D eigenvalue weighted by Gasteiger charge is -2.24. The molecule has 0 saturated carbocycles. The summed E-state index contributed by atoms with van der Waals surface area (Å²) in [5, 5.41) is 7.79. The van der Waals surface area contributed by atoms with Gasteiger partial charge in [-0.1, -0.05) is 264 Å². The predicted octanol–water partition coefficient (Wildman–Crippen LogP) is 21.7. The molecule has 13 aromatic carbocycles. The fraction of sp³-hybridized carbons (Fsp3) is 0.0886. The fourth-order valence-corrected chi connectivity index (χ4v) is 13.7. The van der Waals surface area contributed by atoms with E-state index in [0.29, 0.717) is 0 Å². The maximum Gasteiger partial charge on any atom is 0.0159 e. The normalized spacial score (nSPS) is 13.6. The van der Waals surface area contributed by atoms with Crippen LogP contribution >= 0.6 is 0 Å². The van der Waals surface area contributed by atoms with Gasteiger partial charge in [0.2, 0.25) is 0 Å². The van der Waals surface area contributed by atoms with Gasteiger partial charge in [-0.05, 0) is 191 Å². The number of benzene rings is 13. The van der Waals surface area contributed by atoms with Crippen LogP contribution in [0.2, 0.25) is 0 Å². The molecule has 79 heavy (non-hydrogen) atoms. The van der Waals surface area contributed by atoms with Crippen LogP contribution in [0.1, 0.15) is 55.5 Å². The topological polar surface area (TPSA) is 0 Å². The smallest absolute Gasteiger partial charge is 0.0159 e. The minimum Gasteiger partial charge on any atom is -0.0616 e. The van der Waals surface area contributed by atoms with E-state index in [1.54, 1.807) is 0 Å². The highest BCUT2D eigenvalue weighted by molar-refractivity contribution is 6.15. The third-order valence-electron chi connectivity index (χ3n) is 18.1. The van der Waals surface area contributed by atoms with E-state index in [4.69, 9.17) is 0 Å². The first-order chi connectivity index (χ1) is 38.6. The molecule has 0 amide bonds. The zero-order valence-corrected chi connectivity index (χ0v) is 45.3. The molecule has 0 aliphatic heterocycles. The van der Waals surface area contributed by atoms with Crippen LogP contribution in [0.3, 0.4) is 0 Å². The molecule has 0 saturated heterocycles. The summed E-state index contributed by atoms with van der Waals surface area (Å²) in [6.45, 7) is 11.8. The number of fused-ring (bicyclic) bond motifs is 9. The Morgan fingerprint density at radius 2 is 0.494 bits per heavy atom. The van der Waals surface area contributed by atoms with Gasteiger partial charge in [-0.2, -0.15) is 0 Å². The molecule has 0 N–H and O–H groups in total. The highest BCUT2D eigenvalue weighted by Crippen LogP contribution is 2.53. The Morgan fingerprint density at radius 1 is 0.215 bits per heavy atom. The number of rotatable bonds is 7. The van der Waals surface area contributed by atoms with Gasteiger partial charge in [-0.15, -0.1) is 0 Å². The van der Waals surface area contributed by atoms with Gasteiger partial charge in [0, 0.05) is 10.8 Å². The second-order valence-electron chi connectivity index (χ2n) is 23.2. The summed E-state index contributed by atoms with van der Waals surface area (Å²) in [7, 11) is 0. The van der Waals surface area contributed by atoms with Crippen LogP contribution < -0.4 is 0 Å². The highest BCUT2D eigenvalue weighted by atomic mass is 14.4. The van der Waals surface area contributed by atoms with Crippen molar-refractivity contribution in [3.63, 3.8) is 0 Å². The van der Waals surface area contributed by atoms with Crippen LogP contribution in [0, 0.1) is 6.92 Å². The van der Waals surface area contributed by atoms with Crippen molar-refractivity contribution in [2.45, 2.75) is 45.4 Å². The van der Waals surface area contributed by atoms with Crippen LogP contribution in [0.5, 0.6) is 0 Å². The summed E-state index contributed by atoms with van der Waals surface area (Å²) in [5.74, 6) is 0. The van der Waals surface area contributed by atoms with E-state index in [1.165, 1.54) is 160 Å². The lowest BCUT2D eigenvalue weighted by atomic mass is 9.79. The average molecular weight is 1010 g/mol. The number of hydrogen-bond acceptors (Lipinski definition) is 0. The van der Waals surface area contributed by atoms with Crippen molar-refractivity contribution in [1.29, 1.82) is 0 Å². The summed E-state index contributed by atoms with van der Waals surface area (Å²) in [4.78, 5) is 0. The third-order valence-corrected chi connectivity index (χ3v) is 18.1. The molecule has 0 bridgehead atoms.